The molecule has 0 amide bonds. The van der Waals surface area contributed by atoms with Crippen LogP contribution in [0.25, 0.3) is 0 Å². The second-order valence-electron chi connectivity index (χ2n) is 5.33. The highest BCUT2D eigenvalue weighted by atomic mass is 32.2. The van der Waals surface area contributed by atoms with Crippen molar-refractivity contribution in [2.75, 3.05) is 0 Å². The number of carbonyl (C=O) groups is 1. The number of carboxylic acids is 1. The normalized spacial score (nSPS) is 23.7. The molecule has 0 bridgehead atoms. The van der Waals surface area contributed by atoms with Gasteiger partial charge in [0.25, 0.3) is 0 Å². The molecule has 1 aromatic heterocycles. The fourth-order valence-electron chi connectivity index (χ4n) is 2.59. The number of aromatic carboxylic acids is 1. The molecule has 0 aromatic carbocycles. The van der Waals surface area contributed by atoms with Crippen molar-refractivity contribution in [2.45, 2.75) is 50.5 Å². The first-order chi connectivity index (χ1) is 9.31. The molecule has 1 aliphatic rings. The van der Waals surface area contributed by atoms with Crippen LogP contribution in [0.2, 0.25) is 0 Å². The maximum atomic E-state index is 12.3. The number of hydrogen-bond acceptors (Lipinski definition) is 4. The lowest BCUT2D eigenvalue weighted by molar-refractivity contribution is 0.0661. The topological polar surface area (TPSA) is 96.6 Å². The summed E-state index contributed by atoms with van der Waals surface area (Å²) >= 11 is 0. The third-order valence-electron chi connectivity index (χ3n) is 3.79. The zero-order valence-electron chi connectivity index (χ0n) is 11.5. The van der Waals surface area contributed by atoms with Crippen molar-refractivity contribution in [3.05, 3.63) is 17.6 Å². The van der Waals surface area contributed by atoms with Crippen LogP contribution in [0.15, 0.2) is 15.4 Å². The van der Waals surface area contributed by atoms with Crippen LogP contribution < -0.4 is 4.72 Å². The first-order valence-corrected chi connectivity index (χ1v) is 8.15. The van der Waals surface area contributed by atoms with E-state index in [0.29, 0.717) is 0 Å². The predicted molar refractivity (Wildman–Crippen MR) is 72.1 cm³/mol. The van der Waals surface area contributed by atoms with Crippen molar-refractivity contribution < 1.29 is 22.7 Å². The summed E-state index contributed by atoms with van der Waals surface area (Å²) < 4.78 is 32.3. The maximum Gasteiger partial charge on any atom is 0.371 e. The summed E-state index contributed by atoms with van der Waals surface area (Å²) in [7, 11) is -3.74. The van der Waals surface area contributed by atoms with E-state index in [1.54, 1.807) is 0 Å². The van der Waals surface area contributed by atoms with Crippen LogP contribution in [0.5, 0.6) is 0 Å². The zero-order chi connectivity index (χ0) is 14.9. The van der Waals surface area contributed by atoms with Crippen molar-refractivity contribution in [1.82, 2.24) is 4.72 Å². The molecule has 0 radical (unpaired) electrons. The van der Waals surface area contributed by atoms with Gasteiger partial charge in [0.15, 0.2) is 0 Å². The van der Waals surface area contributed by atoms with Gasteiger partial charge in [0.2, 0.25) is 15.8 Å². The molecule has 0 saturated heterocycles. The summed E-state index contributed by atoms with van der Waals surface area (Å²) in [6.07, 6.45) is 3.93. The van der Waals surface area contributed by atoms with E-state index in [1.165, 1.54) is 6.92 Å². The van der Waals surface area contributed by atoms with Gasteiger partial charge in [0, 0.05) is 12.1 Å². The number of hydrogen-bond donors (Lipinski definition) is 2. The average molecular weight is 301 g/mol. The molecule has 1 fully saturated rings. The largest absolute Gasteiger partial charge is 0.475 e. The zero-order valence-corrected chi connectivity index (χ0v) is 12.4. The van der Waals surface area contributed by atoms with Gasteiger partial charge in [-0.15, -0.1) is 0 Å². The quantitative estimate of drug-likeness (QED) is 0.888. The predicted octanol–water partition coefficient (Wildman–Crippen LogP) is 2.14. The molecule has 7 heteroatoms. The van der Waals surface area contributed by atoms with Gasteiger partial charge in [-0.1, -0.05) is 19.8 Å². The molecular weight excluding hydrogens is 282 g/mol. The number of nitrogens with one attached hydrogen (secondary N) is 1. The third kappa shape index (κ3) is 3.04. The van der Waals surface area contributed by atoms with E-state index in [1.807, 2.05) is 6.92 Å². The lowest BCUT2D eigenvalue weighted by Gasteiger charge is -2.29. The Kier molecular flexibility index (Phi) is 4.19. The van der Waals surface area contributed by atoms with Crippen LogP contribution in [0.4, 0.5) is 0 Å². The first-order valence-electron chi connectivity index (χ1n) is 6.67. The Morgan fingerprint density at radius 2 is 2.05 bits per heavy atom. The standard InChI is InChI=1S/C13H19NO5S/c1-8-5-3-4-6-10(8)14-20(17,18)12-7-11(13(15)16)19-9(12)2/h7-8,10,14H,3-6H2,1-2H3,(H,15,16). The van der Waals surface area contributed by atoms with E-state index in [-0.39, 0.29) is 28.4 Å². The Bertz CT molecular complexity index is 604. The number of sulfonamides is 1. The molecule has 1 heterocycles. The minimum atomic E-state index is -3.74. The molecule has 20 heavy (non-hydrogen) atoms. The third-order valence-corrected chi connectivity index (χ3v) is 5.39. The monoisotopic (exact) mass is 301 g/mol. The van der Waals surface area contributed by atoms with E-state index in [9.17, 15) is 13.2 Å². The van der Waals surface area contributed by atoms with Crippen LogP contribution in [-0.2, 0) is 10.0 Å². The Morgan fingerprint density at radius 3 is 2.60 bits per heavy atom. The van der Waals surface area contributed by atoms with Gasteiger partial charge in [0.1, 0.15) is 10.7 Å². The highest BCUT2D eigenvalue weighted by Crippen LogP contribution is 2.27. The number of carboxylic acid groups (broad SMARTS) is 1. The second-order valence-corrected chi connectivity index (χ2v) is 7.01. The van der Waals surface area contributed by atoms with Crippen molar-refractivity contribution in [2.24, 2.45) is 5.92 Å². The second kappa shape index (κ2) is 5.57. The summed E-state index contributed by atoms with van der Waals surface area (Å²) in [6, 6.07) is 0.962. The lowest BCUT2D eigenvalue weighted by atomic mass is 9.87. The smallest absolute Gasteiger partial charge is 0.371 e. The molecule has 0 spiro atoms. The van der Waals surface area contributed by atoms with Crippen LogP contribution in [0.1, 0.15) is 48.9 Å². The Morgan fingerprint density at radius 1 is 1.40 bits per heavy atom. The van der Waals surface area contributed by atoms with E-state index in [0.717, 1.165) is 31.7 Å². The molecule has 112 valence electrons. The van der Waals surface area contributed by atoms with Gasteiger partial charge < -0.3 is 9.52 Å². The number of furan rings is 1. The van der Waals surface area contributed by atoms with Gasteiger partial charge in [-0.3, -0.25) is 0 Å². The van der Waals surface area contributed by atoms with Crippen molar-refractivity contribution in [1.29, 1.82) is 0 Å². The molecule has 2 rings (SSSR count). The van der Waals surface area contributed by atoms with Gasteiger partial charge in [0.05, 0.1) is 0 Å². The molecule has 1 aliphatic carbocycles. The molecule has 2 atom stereocenters. The highest BCUT2D eigenvalue weighted by Gasteiger charge is 2.29. The fourth-order valence-corrected chi connectivity index (χ4v) is 4.15. The van der Waals surface area contributed by atoms with E-state index >= 15 is 0 Å². The molecular formula is C13H19NO5S. The molecule has 6 nitrogen and oxygen atoms in total. The van der Waals surface area contributed by atoms with Gasteiger partial charge in [-0.05, 0) is 25.7 Å². The van der Waals surface area contributed by atoms with Gasteiger partial charge >= 0.3 is 5.97 Å². The number of rotatable bonds is 4. The Balaban J connectivity index is 2.24. The van der Waals surface area contributed by atoms with E-state index in [4.69, 9.17) is 9.52 Å². The molecule has 1 aromatic rings. The minimum Gasteiger partial charge on any atom is -0.475 e. The van der Waals surface area contributed by atoms with Gasteiger partial charge in [-0.25, -0.2) is 17.9 Å². The van der Waals surface area contributed by atoms with Crippen molar-refractivity contribution in [3.63, 3.8) is 0 Å². The summed E-state index contributed by atoms with van der Waals surface area (Å²) in [5, 5.41) is 8.84. The lowest BCUT2D eigenvalue weighted by Crippen LogP contribution is -2.41. The average Bonchev–Trinajstić information content (AvgIpc) is 2.75. The summed E-state index contributed by atoms with van der Waals surface area (Å²) in [6.45, 7) is 3.47. The van der Waals surface area contributed by atoms with Gasteiger partial charge in [-0.2, -0.15) is 0 Å². The van der Waals surface area contributed by atoms with Crippen LogP contribution >= 0.6 is 0 Å². The first kappa shape index (κ1) is 15.1. The molecule has 2 N–H and O–H groups in total. The minimum absolute atomic E-state index is 0.0901. The Labute approximate surface area is 118 Å². The van der Waals surface area contributed by atoms with E-state index < -0.39 is 16.0 Å². The summed E-state index contributed by atoms with van der Waals surface area (Å²) in [4.78, 5) is 10.7. The van der Waals surface area contributed by atoms with E-state index in [2.05, 4.69) is 4.72 Å². The molecule has 2 unspecified atom stereocenters. The van der Waals surface area contributed by atoms with Crippen LogP contribution in [-0.4, -0.2) is 25.5 Å². The maximum absolute atomic E-state index is 12.3. The summed E-state index contributed by atoms with van der Waals surface area (Å²) in [5.41, 5.74) is 0. The molecule has 0 aliphatic heterocycles. The SMILES string of the molecule is Cc1oc(C(=O)O)cc1S(=O)(=O)NC1CCCCC1C. The van der Waals surface area contributed by atoms with Crippen molar-refractivity contribution >= 4 is 16.0 Å². The van der Waals surface area contributed by atoms with Crippen molar-refractivity contribution in [3.8, 4) is 0 Å². The fraction of sp³-hybridized carbons (Fsp3) is 0.615. The Hall–Kier alpha value is -1.34. The van der Waals surface area contributed by atoms with Crippen LogP contribution in [0.3, 0.4) is 0 Å². The number of aryl methyl sites for hydroxylation is 1. The van der Waals surface area contributed by atoms with Crippen LogP contribution in [0, 0.1) is 12.8 Å². The molecule has 1 saturated carbocycles. The highest BCUT2D eigenvalue weighted by molar-refractivity contribution is 7.89. The summed E-state index contributed by atoms with van der Waals surface area (Å²) in [5.74, 6) is -1.26.